The van der Waals surface area contributed by atoms with Gasteiger partial charge in [0.05, 0.1) is 12.2 Å². The SMILES string of the molecule is CCCCC[C@@H](O)C=C[C@@H]1[C@H]2CC(CCCCCN(CC)CC)=C[C@H]2C[C@H]1O. The molecule has 0 aromatic carbocycles. The predicted octanol–water partition coefficient (Wildman–Crippen LogP) is 5.33. The normalized spacial score (nSPS) is 28.3. The fourth-order valence-electron chi connectivity index (χ4n) is 5.15. The van der Waals surface area contributed by atoms with E-state index in [0.29, 0.717) is 11.8 Å². The molecule has 5 atom stereocenters. The zero-order valence-corrected chi connectivity index (χ0v) is 18.7. The Balaban J connectivity index is 1.71. The quantitative estimate of drug-likeness (QED) is 0.311. The van der Waals surface area contributed by atoms with Crippen LogP contribution in [-0.4, -0.2) is 47.0 Å². The van der Waals surface area contributed by atoms with Crippen molar-refractivity contribution >= 4 is 0 Å². The molecule has 2 N–H and O–H groups in total. The van der Waals surface area contributed by atoms with Crippen molar-refractivity contribution in [2.45, 2.75) is 97.2 Å². The first-order chi connectivity index (χ1) is 13.6. The average molecular weight is 392 g/mol. The third-order valence-corrected chi connectivity index (χ3v) is 6.98. The van der Waals surface area contributed by atoms with Crippen LogP contribution in [0.3, 0.4) is 0 Å². The van der Waals surface area contributed by atoms with E-state index in [1.54, 1.807) is 5.57 Å². The van der Waals surface area contributed by atoms with Gasteiger partial charge in [-0.15, -0.1) is 0 Å². The van der Waals surface area contributed by atoms with E-state index in [1.807, 2.05) is 6.08 Å². The summed E-state index contributed by atoms with van der Waals surface area (Å²) in [4.78, 5) is 2.51. The molecule has 3 heteroatoms. The van der Waals surface area contributed by atoms with E-state index in [1.165, 1.54) is 45.1 Å². The second-order valence-electron chi connectivity index (χ2n) is 9.02. The lowest BCUT2D eigenvalue weighted by molar-refractivity contribution is 0.139. The minimum Gasteiger partial charge on any atom is -0.392 e. The lowest BCUT2D eigenvalue weighted by Gasteiger charge is -2.19. The number of allylic oxidation sites excluding steroid dienone is 2. The molecule has 2 rings (SSSR count). The van der Waals surface area contributed by atoms with E-state index in [9.17, 15) is 10.2 Å². The molecule has 0 heterocycles. The lowest BCUT2D eigenvalue weighted by atomic mass is 9.88. The van der Waals surface area contributed by atoms with Crippen molar-refractivity contribution < 1.29 is 10.2 Å². The summed E-state index contributed by atoms with van der Waals surface area (Å²) in [7, 11) is 0. The highest BCUT2D eigenvalue weighted by molar-refractivity contribution is 5.20. The average Bonchev–Trinajstić information content (AvgIpc) is 3.19. The number of nitrogens with zero attached hydrogens (tertiary/aromatic N) is 1. The first-order valence-electron chi connectivity index (χ1n) is 12.0. The van der Waals surface area contributed by atoms with E-state index in [2.05, 4.69) is 37.8 Å². The highest BCUT2D eigenvalue weighted by Gasteiger charge is 2.43. The Bertz CT molecular complexity index is 483. The van der Waals surface area contributed by atoms with Crippen LogP contribution in [0.15, 0.2) is 23.8 Å². The van der Waals surface area contributed by atoms with Crippen LogP contribution in [0.5, 0.6) is 0 Å². The van der Waals surface area contributed by atoms with E-state index in [0.717, 1.165) is 38.8 Å². The van der Waals surface area contributed by atoms with Crippen LogP contribution in [0.4, 0.5) is 0 Å². The summed E-state index contributed by atoms with van der Waals surface area (Å²) >= 11 is 0. The summed E-state index contributed by atoms with van der Waals surface area (Å²) in [5.41, 5.74) is 1.62. The monoisotopic (exact) mass is 391 g/mol. The fraction of sp³-hybridized carbons (Fsp3) is 0.840. The lowest BCUT2D eigenvalue weighted by Crippen LogP contribution is -2.23. The molecule has 28 heavy (non-hydrogen) atoms. The molecule has 0 aromatic rings. The van der Waals surface area contributed by atoms with Gasteiger partial charge in [0, 0.05) is 5.92 Å². The van der Waals surface area contributed by atoms with Crippen molar-refractivity contribution in [1.29, 1.82) is 0 Å². The first-order valence-corrected chi connectivity index (χ1v) is 12.0. The Labute approximate surface area is 173 Å². The van der Waals surface area contributed by atoms with Crippen molar-refractivity contribution in [3.8, 4) is 0 Å². The highest BCUT2D eigenvalue weighted by Crippen LogP contribution is 2.48. The predicted molar refractivity (Wildman–Crippen MR) is 119 cm³/mol. The first kappa shape index (κ1) is 23.6. The summed E-state index contributed by atoms with van der Waals surface area (Å²) in [6.45, 7) is 10.2. The molecule has 0 unspecified atom stereocenters. The molecule has 162 valence electrons. The molecule has 0 saturated heterocycles. The van der Waals surface area contributed by atoms with Crippen molar-refractivity contribution in [2.24, 2.45) is 17.8 Å². The van der Waals surface area contributed by atoms with Gasteiger partial charge in [0.15, 0.2) is 0 Å². The third-order valence-electron chi connectivity index (χ3n) is 6.98. The van der Waals surface area contributed by atoms with Gasteiger partial charge < -0.3 is 15.1 Å². The zero-order chi connectivity index (χ0) is 20.4. The van der Waals surface area contributed by atoms with Gasteiger partial charge in [-0.3, -0.25) is 0 Å². The Morgan fingerprint density at radius 1 is 1.11 bits per heavy atom. The number of aliphatic hydroxyl groups excluding tert-OH is 2. The molecular weight excluding hydrogens is 346 g/mol. The van der Waals surface area contributed by atoms with Gasteiger partial charge in [-0.1, -0.05) is 70.3 Å². The van der Waals surface area contributed by atoms with Crippen LogP contribution in [-0.2, 0) is 0 Å². The molecule has 0 radical (unpaired) electrons. The Hall–Kier alpha value is -0.640. The minimum absolute atomic E-state index is 0.224. The molecule has 2 aliphatic carbocycles. The van der Waals surface area contributed by atoms with E-state index < -0.39 is 0 Å². The number of hydrogen-bond donors (Lipinski definition) is 2. The maximum Gasteiger partial charge on any atom is 0.0721 e. The van der Waals surface area contributed by atoms with Crippen molar-refractivity contribution in [1.82, 2.24) is 4.90 Å². The van der Waals surface area contributed by atoms with Crippen molar-refractivity contribution in [3.05, 3.63) is 23.8 Å². The highest BCUT2D eigenvalue weighted by atomic mass is 16.3. The Kier molecular flexibility index (Phi) is 10.8. The summed E-state index contributed by atoms with van der Waals surface area (Å²) < 4.78 is 0. The van der Waals surface area contributed by atoms with E-state index in [-0.39, 0.29) is 18.1 Å². The standard InChI is InChI=1S/C25H45NO2/c1-4-7-9-13-22(27)14-15-23-24-18-20(17-21(24)19-25(23)28)12-10-8-11-16-26(5-2)6-3/h14-15,17,21-25,27-28H,4-13,16,18-19H2,1-3H3/t21-,22+,23+,24-,25+/m0/s1. The number of unbranched alkanes of at least 4 members (excludes halogenated alkanes) is 4. The molecule has 1 saturated carbocycles. The van der Waals surface area contributed by atoms with Gasteiger partial charge in [-0.05, 0) is 70.0 Å². The molecule has 0 aromatic heterocycles. The molecule has 0 spiro atoms. The fourth-order valence-corrected chi connectivity index (χ4v) is 5.15. The maximum atomic E-state index is 10.5. The van der Waals surface area contributed by atoms with Crippen LogP contribution < -0.4 is 0 Å². The van der Waals surface area contributed by atoms with Gasteiger partial charge in [-0.25, -0.2) is 0 Å². The second-order valence-corrected chi connectivity index (χ2v) is 9.02. The van der Waals surface area contributed by atoms with Gasteiger partial charge in [0.25, 0.3) is 0 Å². The van der Waals surface area contributed by atoms with Crippen molar-refractivity contribution in [3.63, 3.8) is 0 Å². The van der Waals surface area contributed by atoms with Crippen LogP contribution >= 0.6 is 0 Å². The van der Waals surface area contributed by atoms with Crippen molar-refractivity contribution in [2.75, 3.05) is 19.6 Å². The molecule has 3 nitrogen and oxygen atoms in total. The van der Waals surface area contributed by atoms with Gasteiger partial charge >= 0.3 is 0 Å². The molecule has 0 amide bonds. The Morgan fingerprint density at radius 3 is 2.61 bits per heavy atom. The van der Waals surface area contributed by atoms with E-state index >= 15 is 0 Å². The molecule has 0 bridgehead atoms. The van der Waals surface area contributed by atoms with Crippen LogP contribution in [0, 0.1) is 17.8 Å². The number of aliphatic hydroxyl groups is 2. The molecule has 1 fully saturated rings. The second kappa shape index (κ2) is 12.8. The number of fused-ring (bicyclic) bond motifs is 1. The minimum atomic E-state index is -0.350. The molecule has 2 aliphatic rings. The number of rotatable bonds is 14. The summed E-state index contributed by atoms with van der Waals surface area (Å²) in [5.74, 6) is 1.33. The summed E-state index contributed by atoms with van der Waals surface area (Å²) in [5, 5.41) is 20.7. The molecule has 0 aliphatic heterocycles. The van der Waals surface area contributed by atoms with Crippen LogP contribution in [0.1, 0.15) is 85.0 Å². The smallest absolute Gasteiger partial charge is 0.0721 e. The Morgan fingerprint density at radius 2 is 1.89 bits per heavy atom. The summed E-state index contributed by atoms with van der Waals surface area (Å²) in [6, 6.07) is 0. The van der Waals surface area contributed by atoms with Crippen LogP contribution in [0.2, 0.25) is 0 Å². The van der Waals surface area contributed by atoms with Crippen LogP contribution in [0.25, 0.3) is 0 Å². The topological polar surface area (TPSA) is 43.7 Å². The summed E-state index contributed by atoms with van der Waals surface area (Å²) in [6.07, 6.45) is 17.5. The van der Waals surface area contributed by atoms with Gasteiger partial charge in [0.2, 0.25) is 0 Å². The number of hydrogen-bond acceptors (Lipinski definition) is 3. The molecular formula is C25H45NO2. The zero-order valence-electron chi connectivity index (χ0n) is 18.7. The maximum absolute atomic E-state index is 10.5. The van der Waals surface area contributed by atoms with Gasteiger partial charge in [-0.2, -0.15) is 0 Å². The van der Waals surface area contributed by atoms with Gasteiger partial charge in [0.1, 0.15) is 0 Å². The third kappa shape index (κ3) is 7.31. The largest absolute Gasteiger partial charge is 0.392 e. The van der Waals surface area contributed by atoms with E-state index in [4.69, 9.17) is 0 Å².